The summed E-state index contributed by atoms with van der Waals surface area (Å²) >= 11 is 0. The van der Waals surface area contributed by atoms with Crippen molar-refractivity contribution >= 4 is 11.4 Å². The monoisotopic (exact) mass is 215 g/mol. The average molecular weight is 215 g/mol. The quantitative estimate of drug-likeness (QED) is 0.357. The summed E-state index contributed by atoms with van der Waals surface area (Å²) in [5.41, 5.74) is 12.4. The van der Waals surface area contributed by atoms with Crippen LogP contribution >= 0.6 is 0 Å². The molecule has 6 heteroatoms. The van der Waals surface area contributed by atoms with Crippen molar-refractivity contribution in [3.8, 4) is 5.75 Å². The van der Waals surface area contributed by atoms with Crippen LogP contribution < -0.4 is 5.43 Å². The summed E-state index contributed by atoms with van der Waals surface area (Å²) in [4.78, 5) is 2.70. The predicted octanol–water partition coefficient (Wildman–Crippen LogP) is 3.01. The predicted molar refractivity (Wildman–Crippen MR) is 60.4 cm³/mol. The Balaban J connectivity index is 2.36. The molecule has 0 spiro atoms. The summed E-state index contributed by atoms with van der Waals surface area (Å²) in [6.07, 6.45) is 3.62. The maximum Gasteiger partial charge on any atom is 0.116 e. The second-order valence-corrected chi connectivity index (χ2v) is 3.09. The fraction of sp³-hybridized carbons (Fsp3) is 0. The van der Waals surface area contributed by atoms with Crippen molar-refractivity contribution in [2.24, 2.45) is 5.11 Å². The van der Waals surface area contributed by atoms with E-state index in [1.807, 2.05) is 24.5 Å². The summed E-state index contributed by atoms with van der Waals surface area (Å²) < 4.78 is 1.71. The number of rotatable bonds is 3. The highest BCUT2D eigenvalue weighted by Gasteiger charge is 2.01. The Labute approximate surface area is 91.4 Å². The Morgan fingerprint density at radius 2 is 2.06 bits per heavy atom. The molecule has 0 bridgehead atoms. The highest BCUT2D eigenvalue weighted by molar-refractivity contribution is 5.67. The molecule has 0 fully saturated rings. The molecule has 0 amide bonds. The molecule has 2 aromatic rings. The lowest BCUT2D eigenvalue weighted by Gasteiger charge is -2.10. The first-order valence-corrected chi connectivity index (χ1v) is 4.58. The van der Waals surface area contributed by atoms with Crippen LogP contribution in [0.15, 0.2) is 47.8 Å². The molecule has 1 heterocycles. The zero-order chi connectivity index (χ0) is 11.4. The number of hydrogen-bond acceptors (Lipinski definition) is 3. The molecule has 0 saturated carbocycles. The van der Waals surface area contributed by atoms with Crippen LogP contribution in [0.2, 0.25) is 0 Å². The molecule has 0 saturated heterocycles. The van der Waals surface area contributed by atoms with Gasteiger partial charge in [0.15, 0.2) is 0 Å². The van der Waals surface area contributed by atoms with Crippen molar-refractivity contribution in [3.63, 3.8) is 0 Å². The molecule has 1 aromatic heterocycles. The van der Waals surface area contributed by atoms with Crippen molar-refractivity contribution in [3.05, 3.63) is 53.2 Å². The topological polar surface area (TPSA) is 86.0 Å². The number of aromatic nitrogens is 1. The molecule has 80 valence electrons. The van der Waals surface area contributed by atoms with Crippen LogP contribution in [0.5, 0.6) is 5.75 Å². The van der Waals surface area contributed by atoms with Gasteiger partial charge < -0.3 is 5.11 Å². The van der Waals surface area contributed by atoms with Crippen LogP contribution in [0.25, 0.3) is 10.4 Å². The van der Waals surface area contributed by atoms with Gasteiger partial charge in [-0.25, -0.2) is 0 Å². The first-order valence-electron chi connectivity index (χ1n) is 4.58. The van der Waals surface area contributed by atoms with E-state index in [2.05, 4.69) is 15.5 Å². The van der Waals surface area contributed by atoms with Crippen LogP contribution in [-0.2, 0) is 0 Å². The summed E-state index contributed by atoms with van der Waals surface area (Å²) in [5.74, 6) is 0.0560. The molecule has 0 unspecified atom stereocenters. The smallest absolute Gasteiger partial charge is 0.116 e. The van der Waals surface area contributed by atoms with Gasteiger partial charge in [-0.2, -0.15) is 0 Å². The number of phenols is 1. The Kier molecular flexibility index (Phi) is 2.67. The Hall–Kier alpha value is -2.59. The molecule has 0 radical (unpaired) electrons. The molecule has 0 atom stereocenters. The van der Waals surface area contributed by atoms with Gasteiger partial charge in [0.1, 0.15) is 5.75 Å². The molecule has 0 aliphatic heterocycles. The second kappa shape index (κ2) is 4.29. The van der Waals surface area contributed by atoms with Crippen LogP contribution in [0.1, 0.15) is 0 Å². The van der Waals surface area contributed by atoms with Gasteiger partial charge in [-0.1, -0.05) is 5.11 Å². The van der Waals surface area contributed by atoms with E-state index in [1.165, 1.54) is 12.1 Å². The number of azide groups is 1. The highest BCUT2D eigenvalue weighted by atomic mass is 16.3. The van der Waals surface area contributed by atoms with Gasteiger partial charge in [0, 0.05) is 17.3 Å². The maximum absolute atomic E-state index is 9.27. The van der Waals surface area contributed by atoms with Gasteiger partial charge in [0.25, 0.3) is 0 Å². The molecule has 6 nitrogen and oxygen atoms in total. The zero-order valence-electron chi connectivity index (χ0n) is 8.28. The number of nitrogens with one attached hydrogen (secondary N) is 1. The van der Waals surface area contributed by atoms with Crippen molar-refractivity contribution in [2.45, 2.75) is 0 Å². The standard InChI is InChI=1S/C10H9N5O/c11-14-12-10-7-8(16)3-4-9(10)13-15-5-1-2-6-15/h1-7,13,16H. The first kappa shape index (κ1) is 9.95. The normalized spacial score (nSPS) is 9.50. The zero-order valence-corrected chi connectivity index (χ0v) is 8.28. The average Bonchev–Trinajstić information content (AvgIpc) is 2.75. The van der Waals surface area contributed by atoms with E-state index in [9.17, 15) is 5.11 Å². The Bertz CT molecular complexity index is 528. The van der Waals surface area contributed by atoms with Crippen LogP contribution in [0.3, 0.4) is 0 Å². The highest BCUT2D eigenvalue weighted by Crippen LogP contribution is 2.29. The second-order valence-electron chi connectivity index (χ2n) is 3.09. The van der Waals surface area contributed by atoms with Crippen LogP contribution in [0, 0.1) is 0 Å². The maximum atomic E-state index is 9.27. The molecular weight excluding hydrogens is 206 g/mol. The molecule has 0 aliphatic rings. The molecule has 2 rings (SSSR count). The van der Waals surface area contributed by atoms with E-state index in [-0.39, 0.29) is 5.75 Å². The first-order chi connectivity index (χ1) is 7.79. The lowest BCUT2D eigenvalue weighted by Crippen LogP contribution is -2.05. The third-order valence-electron chi connectivity index (χ3n) is 1.99. The van der Waals surface area contributed by atoms with Crippen molar-refractivity contribution in [1.82, 2.24) is 4.68 Å². The number of hydrogen-bond donors (Lipinski definition) is 2. The van der Waals surface area contributed by atoms with E-state index in [4.69, 9.17) is 5.53 Å². The minimum Gasteiger partial charge on any atom is -0.508 e. The molecular formula is C10H9N5O. The molecule has 0 aliphatic carbocycles. The fourth-order valence-corrected chi connectivity index (χ4v) is 1.29. The largest absolute Gasteiger partial charge is 0.508 e. The Morgan fingerprint density at radius 3 is 2.75 bits per heavy atom. The number of benzene rings is 1. The third-order valence-corrected chi connectivity index (χ3v) is 1.99. The minimum atomic E-state index is 0.0560. The minimum absolute atomic E-state index is 0.0560. The molecule has 16 heavy (non-hydrogen) atoms. The van der Waals surface area contributed by atoms with Gasteiger partial charge in [-0.05, 0) is 35.9 Å². The summed E-state index contributed by atoms with van der Waals surface area (Å²) in [5, 5.41) is 12.8. The van der Waals surface area contributed by atoms with E-state index >= 15 is 0 Å². The lowest BCUT2D eigenvalue weighted by molar-refractivity contribution is 0.475. The summed E-state index contributed by atoms with van der Waals surface area (Å²) in [6, 6.07) is 8.27. The third kappa shape index (κ3) is 2.08. The van der Waals surface area contributed by atoms with E-state index in [1.54, 1.807) is 10.7 Å². The van der Waals surface area contributed by atoms with Crippen molar-refractivity contribution in [2.75, 3.05) is 5.43 Å². The number of anilines is 1. The Morgan fingerprint density at radius 1 is 1.31 bits per heavy atom. The van der Waals surface area contributed by atoms with Gasteiger partial charge in [-0.15, -0.1) is 0 Å². The molecule has 1 aromatic carbocycles. The SMILES string of the molecule is [N-]=[N+]=Nc1cc(O)ccc1Nn1cccc1. The van der Waals surface area contributed by atoms with Crippen molar-refractivity contribution in [1.29, 1.82) is 0 Å². The van der Waals surface area contributed by atoms with E-state index in [0.29, 0.717) is 11.4 Å². The number of aromatic hydroxyl groups is 1. The van der Waals surface area contributed by atoms with Crippen LogP contribution in [0.4, 0.5) is 11.4 Å². The number of nitrogens with zero attached hydrogens (tertiary/aromatic N) is 4. The van der Waals surface area contributed by atoms with Gasteiger partial charge in [0.05, 0.1) is 11.4 Å². The molecule has 2 N–H and O–H groups in total. The lowest BCUT2D eigenvalue weighted by atomic mass is 10.2. The van der Waals surface area contributed by atoms with Gasteiger partial charge >= 0.3 is 0 Å². The van der Waals surface area contributed by atoms with Crippen molar-refractivity contribution < 1.29 is 5.11 Å². The summed E-state index contributed by atoms with van der Waals surface area (Å²) in [7, 11) is 0. The number of phenolic OH excluding ortho intramolecular Hbond substituents is 1. The van der Waals surface area contributed by atoms with E-state index in [0.717, 1.165) is 0 Å². The van der Waals surface area contributed by atoms with Crippen LogP contribution in [-0.4, -0.2) is 9.78 Å². The van der Waals surface area contributed by atoms with Gasteiger partial charge in [-0.3, -0.25) is 10.1 Å². The summed E-state index contributed by atoms with van der Waals surface area (Å²) in [6.45, 7) is 0. The fourth-order valence-electron chi connectivity index (χ4n) is 1.29. The van der Waals surface area contributed by atoms with Gasteiger partial charge in [0.2, 0.25) is 0 Å². The van der Waals surface area contributed by atoms with E-state index < -0.39 is 0 Å².